The molecule has 2 heterocycles. The van der Waals surface area contributed by atoms with E-state index in [1.54, 1.807) is 13.8 Å². The topological polar surface area (TPSA) is 78.5 Å². The van der Waals surface area contributed by atoms with E-state index < -0.39 is 14.2 Å². The minimum Gasteiger partial charge on any atom is -0.243 e. The summed E-state index contributed by atoms with van der Waals surface area (Å²) in [4.78, 5) is 12.4. The smallest absolute Gasteiger partial charge is 0.243 e. The molecule has 0 aliphatic carbocycles. The number of aromatic nitrogens is 6. The third kappa shape index (κ3) is 3.05. The van der Waals surface area contributed by atoms with Crippen LogP contribution in [0.3, 0.4) is 0 Å². The van der Waals surface area contributed by atoms with Crippen molar-refractivity contribution in [3.05, 3.63) is 23.8 Å². The molecule has 2 rings (SSSR count). The average molecular weight is 406 g/mol. The summed E-state index contributed by atoms with van der Waals surface area (Å²) < 4.78 is -2.09. The molecule has 0 unspecified atom stereocenters. The molecular weight excluding hydrogens is 397 g/mol. The van der Waals surface area contributed by atoms with E-state index in [2.05, 4.69) is 20.6 Å². The van der Waals surface area contributed by atoms with Crippen LogP contribution in [0.15, 0.2) is 12.4 Å². The fourth-order valence-corrected chi connectivity index (χ4v) is 2.25. The number of rotatable bonds is 2. The van der Waals surface area contributed by atoms with E-state index in [1.807, 2.05) is 0 Å². The quantitative estimate of drug-likeness (QED) is 0.713. The summed E-state index contributed by atoms with van der Waals surface area (Å²) in [5, 5.41) is 14.7. The SMILES string of the molecule is CC(C)c1c(C(Cl)(Cl)C(Cl)(Cl)Cl)nnn1C(=O)n1ccnn1. The minimum absolute atomic E-state index is 0.0145. The lowest BCUT2D eigenvalue weighted by atomic mass is 10.1. The van der Waals surface area contributed by atoms with Crippen LogP contribution in [0.4, 0.5) is 4.79 Å². The first-order valence-corrected chi connectivity index (χ1v) is 7.78. The van der Waals surface area contributed by atoms with E-state index in [0.29, 0.717) is 5.69 Å². The molecule has 2 aromatic rings. The van der Waals surface area contributed by atoms with Crippen molar-refractivity contribution in [3.63, 3.8) is 0 Å². The Morgan fingerprint density at radius 1 is 1.18 bits per heavy atom. The highest BCUT2D eigenvalue weighted by Crippen LogP contribution is 2.53. The Morgan fingerprint density at radius 3 is 2.27 bits per heavy atom. The van der Waals surface area contributed by atoms with Gasteiger partial charge in [-0.1, -0.05) is 82.3 Å². The van der Waals surface area contributed by atoms with Crippen molar-refractivity contribution >= 4 is 64.0 Å². The van der Waals surface area contributed by atoms with Crippen LogP contribution in [-0.2, 0) is 4.33 Å². The van der Waals surface area contributed by atoms with Crippen LogP contribution >= 0.6 is 58.0 Å². The largest absolute Gasteiger partial charge is 0.372 e. The second-order valence-corrected chi connectivity index (χ2v) is 8.20. The van der Waals surface area contributed by atoms with Gasteiger partial charge >= 0.3 is 6.03 Å². The Hall–Kier alpha value is -0.600. The summed E-state index contributed by atoms with van der Waals surface area (Å²) >= 11 is 29.7. The molecule has 12 heteroatoms. The molecule has 0 N–H and O–H groups in total. The number of halogens is 5. The van der Waals surface area contributed by atoms with E-state index in [9.17, 15) is 4.79 Å². The van der Waals surface area contributed by atoms with Gasteiger partial charge in [0.2, 0.25) is 8.13 Å². The van der Waals surface area contributed by atoms with E-state index in [0.717, 1.165) is 9.36 Å². The molecule has 0 spiro atoms. The Kier molecular flexibility index (Phi) is 4.94. The molecule has 7 nitrogen and oxygen atoms in total. The molecule has 0 aromatic carbocycles. The van der Waals surface area contributed by atoms with Gasteiger partial charge in [-0.2, -0.15) is 9.36 Å². The van der Waals surface area contributed by atoms with Gasteiger partial charge in [-0.3, -0.25) is 0 Å². The number of carbonyl (C=O) groups excluding carboxylic acids is 1. The summed E-state index contributed by atoms with van der Waals surface area (Å²) in [5.74, 6) is -0.235. The summed E-state index contributed by atoms with van der Waals surface area (Å²) in [7, 11) is 0. The van der Waals surface area contributed by atoms with Gasteiger partial charge in [0.05, 0.1) is 18.1 Å². The summed E-state index contributed by atoms with van der Waals surface area (Å²) in [6.07, 6.45) is 2.71. The van der Waals surface area contributed by atoms with Crippen molar-refractivity contribution in [1.29, 1.82) is 0 Å². The van der Waals surface area contributed by atoms with Crippen LogP contribution in [0.2, 0.25) is 0 Å². The molecular formula is C10H9Cl5N6O. The molecule has 0 bridgehead atoms. The fraction of sp³-hybridized carbons (Fsp3) is 0.500. The maximum Gasteiger partial charge on any atom is 0.372 e. The fourth-order valence-electron chi connectivity index (χ4n) is 1.71. The normalized spacial score (nSPS) is 12.9. The molecule has 0 saturated heterocycles. The third-order valence-electron chi connectivity index (χ3n) is 2.70. The molecule has 0 saturated carbocycles. The second kappa shape index (κ2) is 6.13. The monoisotopic (exact) mass is 404 g/mol. The highest BCUT2D eigenvalue weighted by atomic mass is 35.6. The minimum atomic E-state index is -2.07. The Bertz CT molecular complexity index is 675. The van der Waals surface area contributed by atoms with Crippen molar-refractivity contribution in [2.75, 3.05) is 0 Å². The molecule has 0 radical (unpaired) electrons. The maximum atomic E-state index is 12.4. The van der Waals surface area contributed by atoms with Gasteiger partial charge in [0.15, 0.2) is 0 Å². The molecule has 0 fully saturated rings. The van der Waals surface area contributed by atoms with Crippen LogP contribution in [0.5, 0.6) is 0 Å². The molecule has 0 aliphatic heterocycles. The van der Waals surface area contributed by atoms with Gasteiger partial charge < -0.3 is 0 Å². The number of alkyl halides is 5. The first-order chi connectivity index (χ1) is 10.1. The molecule has 0 atom stereocenters. The van der Waals surface area contributed by atoms with Crippen LogP contribution in [0.25, 0.3) is 0 Å². The highest BCUT2D eigenvalue weighted by Gasteiger charge is 2.51. The van der Waals surface area contributed by atoms with Crippen LogP contribution in [0.1, 0.15) is 31.2 Å². The molecule has 22 heavy (non-hydrogen) atoms. The number of nitrogens with zero attached hydrogens (tertiary/aromatic N) is 6. The van der Waals surface area contributed by atoms with Gasteiger partial charge in [0.1, 0.15) is 5.69 Å². The van der Waals surface area contributed by atoms with E-state index in [1.165, 1.54) is 12.4 Å². The van der Waals surface area contributed by atoms with Crippen LogP contribution in [0, 0.1) is 0 Å². The predicted octanol–water partition coefficient (Wildman–Crippen LogP) is 3.51. The van der Waals surface area contributed by atoms with Crippen LogP contribution < -0.4 is 0 Å². The second-order valence-electron chi connectivity index (χ2n) is 4.59. The Labute approximate surface area is 150 Å². The molecule has 0 amide bonds. The maximum absolute atomic E-state index is 12.4. The van der Waals surface area contributed by atoms with Crippen LogP contribution in [-0.4, -0.2) is 39.8 Å². The lowest BCUT2D eigenvalue weighted by Gasteiger charge is -2.26. The Balaban J connectivity index is 2.59. The molecule has 120 valence electrons. The summed E-state index contributed by atoms with van der Waals surface area (Å²) in [6, 6.07) is -0.617. The van der Waals surface area contributed by atoms with Crippen molar-refractivity contribution in [2.24, 2.45) is 0 Å². The van der Waals surface area contributed by atoms with E-state index in [-0.39, 0.29) is 11.6 Å². The standard InChI is InChI=1S/C10H9Cl5N6O/c1-5(2)6-7(9(11,12)10(13,14)15)17-19-21(6)8(22)20-4-3-16-18-20/h3-5H,1-2H3. The zero-order valence-electron chi connectivity index (χ0n) is 11.2. The lowest BCUT2D eigenvalue weighted by Crippen LogP contribution is -2.31. The average Bonchev–Trinajstić information content (AvgIpc) is 3.06. The Morgan fingerprint density at radius 2 is 1.82 bits per heavy atom. The lowest BCUT2D eigenvalue weighted by molar-refractivity contribution is 0.236. The van der Waals surface area contributed by atoms with E-state index >= 15 is 0 Å². The van der Waals surface area contributed by atoms with Gasteiger partial charge in [-0.25, -0.2) is 4.79 Å². The number of hydrogen-bond donors (Lipinski definition) is 0. The number of carbonyl (C=O) groups is 1. The zero-order chi connectivity index (χ0) is 16.7. The van der Waals surface area contributed by atoms with Crippen molar-refractivity contribution < 1.29 is 4.79 Å². The molecule has 0 aliphatic rings. The number of hydrogen-bond acceptors (Lipinski definition) is 5. The first-order valence-electron chi connectivity index (χ1n) is 5.89. The van der Waals surface area contributed by atoms with Crippen molar-refractivity contribution in [3.8, 4) is 0 Å². The van der Waals surface area contributed by atoms with Gasteiger partial charge in [0, 0.05) is 0 Å². The molecule has 2 aromatic heterocycles. The first kappa shape index (κ1) is 17.7. The van der Waals surface area contributed by atoms with Crippen molar-refractivity contribution in [1.82, 2.24) is 30.0 Å². The third-order valence-corrected chi connectivity index (χ3v) is 5.06. The predicted molar refractivity (Wildman–Crippen MR) is 84.0 cm³/mol. The van der Waals surface area contributed by atoms with E-state index in [4.69, 9.17) is 58.0 Å². The highest BCUT2D eigenvalue weighted by molar-refractivity contribution is 6.75. The van der Waals surface area contributed by atoms with Gasteiger partial charge in [-0.15, -0.1) is 10.2 Å². The summed E-state index contributed by atoms with van der Waals surface area (Å²) in [5.41, 5.74) is 0.288. The van der Waals surface area contributed by atoms with Gasteiger partial charge in [-0.05, 0) is 5.92 Å². The van der Waals surface area contributed by atoms with Crippen molar-refractivity contribution in [2.45, 2.75) is 27.9 Å². The van der Waals surface area contributed by atoms with Gasteiger partial charge in [0.25, 0.3) is 0 Å². The zero-order valence-corrected chi connectivity index (χ0v) is 15.0. The summed E-state index contributed by atoms with van der Waals surface area (Å²) in [6.45, 7) is 3.57.